The van der Waals surface area contributed by atoms with Gasteiger partial charge in [-0.25, -0.2) is 9.37 Å². The first-order chi connectivity index (χ1) is 7.66. The lowest BCUT2D eigenvalue weighted by Crippen LogP contribution is -2.19. The highest BCUT2D eigenvalue weighted by molar-refractivity contribution is 14.1. The van der Waals surface area contributed by atoms with Crippen molar-refractivity contribution in [2.24, 2.45) is 0 Å². The lowest BCUT2D eigenvalue weighted by atomic mass is 10.3. The second-order valence-corrected chi connectivity index (χ2v) is 5.18. The van der Waals surface area contributed by atoms with Crippen molar-refractivity contribution in [2.45, 2.75) is 18.4 Å². The number of fused-ring (bicyclic) bond motifs is 1. The van der Waals surface area contributed by atoms with Crippen molar-refractivity contribution in [1.29, 1.82) is 0 Å². The molecule has 0 bridgehead atoms. The molecular weight excluding hydrogens is 322 g/mol. The highest BCUT2D eigenvalue weighted by Gasteiger charge is 2.45. The lowest BCUT2D eigenvalue weighted by Gasteiger charge is -2.14. The molecule has 2 aromatic rings. The molecular formula is C10H10FIN4. The molecule has 2 aromatic heterocycles. The average Bonchev–Trinajstić information content (AvgIpc) is 2.93. The summed E-state index contributed by atoms with van der Waals surface area (Å²) in [6.45, 7) is -0.350. The molecule has 2 N–H and O–H groups in total. The van der Waals surface area contributed by atoms with Gasteiger partial charge in [-0.2, -0.15) is 4.98 Å². The normalized spacial score (nSPS) is 17.9. The number of aromatic nitrogens is 3. The van der Waals surface area contributed by atoms with E-state index < -0.39 is 0 Å². The molecule has 1 saturated carbocycles. The lowest BCUT2D eigenvalue weighted by molar-refractivity contribution is 0.342. The third kappa shape index (κ3) is 1.32. The van der Waals surface area contributed by atoms with Crippen LogP contribution < -0.4 is 5.73 Å². The van der Waals surface area contributed by atoms with Gasteiger partial charge < -0.3 is 10.3 Å². The van der Waals surface area contributed by atoms with Crippen molar-refractivity contribution < 1.29 is 4.39 Å². The molecule has 0 radical (unpaired) electrons. The highest BCUT2D eigenvalue weighted by Crippen LogP contribution is 2.45. The van der Waals surface area contributed by atoms with Crippen LogP contribution in [0.15, 0.2) is 12.3 Å². The fourth-order valence-corrected chi connectivity index (χ4v) is 2.63. The Morgan fingerprint density at radius 3 is 2.88 bits per heavy atom. The maximum absolute atomic E-state index is 13.0. The summed E-state index contributed by atoms with van der Waals surface area (Å²) in [6, 6.07) is 1.92. The molecule has 2 heterocycles. The Labute approximate surface area is 105 Å². The molecule has 0 saturated heterocycles. The molecule has 6 heteroatoms. The highest BCUT2D eigenvalue weighted by atomic mass is 127. The molecule has 3 rings (SSSR count). The van der Waals surface area contributed by atoms with Crippen LogP contribution >= 0.6 is 22.6 Å². The maximum Gasteiger partial charge on any atom is 0.223 e. The van der Waals surface area contributed by atoms with Gasteiger partial charge in [0.15, 0.2) is 0 Å². The van der Waals surface area contributed by atoms with Crippen LogP contribution in [-0.4, -0.2) is 21.2 Å². The Morgan fingerprint density at radius 1 is 1.50 bits per heavy atom. The van der Waals surface area contributed by atoms with Gasteiger partial charge in [0.25, 0.3) is 0 Å². The minimum absolute atomic E-state index is 0.242. The van der Waals surface area contributed by atoms with Crippen LogP contribution in [0.4, 0.5) is 10.3 Å². The van der Waals surface area contributed by atoms with E-state index in [1.165, 1.54) is 0 Å². The van der Waals surface area contributed by atoms with E-state index in [2.05, 4.69) is 32.6 Å². The van der Waals surface area contributed by atoms with Gasteiger partial charge in [-0.3, -0.25) is 0 Å². The molecule has 16 heavy (non-hydrogen) atoms. The molecule has 1 fully saturated rings. The molecule has 1 aliphatic carbocycles. The number of halogens is 2. The van der Waals surface area contributed by atoms with Gasteiger partial charge in [-0.15, -0.1) is 0 Å². The average molecular weight is 332 g/mol. The van der Waals surface area contributed by atoms with Crippen LogP contribution in [0.5, 0.6) is 0 Å². The number of nitrogen functional groups attached to an aromatic ring is 1. The molecule has 4 nitrogen and oxygen atoms in total. The van der Waals surface area contributed by atoms with Crippen LogP contribution in [0.3, 0.4) is 0 Å². The Kier molecular flexibility index (Phi) is 2.10. The summed E-state index contributed by atoms with van der Waals surface area (Å²) in [5.41, 5.74) is 6.00. The van der Waals surface area contributed by atoms with Crippen LogP contribution in [0.2, 0.25) is 0 Å². The Morgan fingerprint density at radius 2 is 2.25 bits per heavy atom. The van der Waals surface area contributed by atoms with Gasteiger partial charge in [0.2, 0.25) is 5.95 Å². The molecule has 1 aliphatic rings. The van der Waals surface area contributed by atoms with Crippen LogP contribution in [-0.2, 0) is 5.54 Å². The minimum Gasteiger partial charge on any atom is -0.368 e. The fraction of sp³-hybridized carbons (Fsp3) is 0.400. The molecule has 84 valence electrons. The monoisotopic (exact) mass is 332 g/mol. The Hall–Kier alpha value is -0.920. The van der Waals surface area contributed by atoms with E-state index in [0.29, 0.717) is 0 Å². The summed E-state index contributed by atoms with van der Waals surface area (Å²) < 4.78 is 15.7. The SMILES string of the molecule is Nc1nc(I)c2ccn(C3(CF)CC3)c2n1. The number of rotatable bonds is 2. The van der Waals surface area contributed by atoms with Gasteiger partial charge in [-0.05, 0) is 41.5 Å². The molecule has 0 atom stereocenters. The zero-order chi connectivity index (χ0) is 11.3. The zero-order valence-corrected chi connectivity index (χ0v) is 10.6. The van der Waals surface area contributed by atoms with Crippen molar-refractivity contribution in [3.8, 4) is 0 Å². The smallest absolute Gasteiger partial charge is 0.223 e. The molecule has 0 spiro atoms. The van der Waals surface area contributed by atoms with Crippen molar-refractivity contribution in [1.82, 2.24) is 14.5 Å². The predicted octanol–water partition coefficient (Wildman–Crippen LogP) is 2.08. The Bertz CT molecular complexity index is 561. The first kappa shape index (κ1) is 10.2. The van der Waals surface area contributed by atoms with Gasteiger partial charge in [0, 0.05) is 6.20 Å². The zero-order valence-electron chi connectivity index (χ0n) is 8.45. The summed E-state index contributed by atoms with van der Waals surface area (Å²) >= 11 is 2.12. The van der Waals surface area contributed by atoms with Gasteiger partial charge in [-0.1, -0.05) is 0 Å². The molecule has 0 aliphatic heterocycles. The second-order valence-electron chi connectivity index (χ2n) is 4.15. The summed E-state index contributed by atoms with van der Waals surface area (Å²) in [4.78, 5) is 8.30. The van der Waals surface area contributed by atoms with E-state index in [4.69, 9.17) is 5.73 Å². The topological polar surface area (TPSA) is 56.7 Å². The van der Waals surface area contributed by atoms with E-state index in [-0.39, 0.29) is 18.2 Å². The van der Waals surface area contributed by atoms with Crippen molar-refractivity contribution in [3.63, 3.8) is 0 Å². The number of anilines is 1. The number of hydrogen-bond donors (Lipinski definition) is 1. The minimum atomic E-state index is -0.369. The quantitative estimate of drug-likeness (QED) is 0.677. The maximum atomic E-state index is 13.0. The summed E-state index contributed by atoms with van der Waals surface area (Å²) in [5, 5.41) is 0.939. The predicted molar refractivity (Wildman–Crippen MR) is 67.8 cm³/mol. The number of nitrogens with zero attached hydrogens (tertiary/aromatic N) is 3. The third-order valence-corrected chi connectivity index (χ3v) is 3.92. The Balaban J connectivity index is 2.27. The van der Waals surface area contributed by atoms with E-state index in [0.717, 1.165) is 27.6 Å². The van der Waals surface area contributed by atoms with Crippen molar-refractivity contribution in [2.75, 3.05) is 12.4 Å². The van der Waals surface area contributed by atoms with E-state index >= 15 is 0 Å². The van der Waals surface area contributed by atoms with Crippen LogP contribution in [0.1, 0.15) is 12.8 Å². The molecule has 0 aromatic carbocycles. The van der Waals surface area contributed by atoms with E-state index in [9.17, 15) is 4.39 Å². The van der Waals surface area contributed by atoms with E-state index in [1.54, 1.807) is 0 Å². The van der Waals surface area contributed by atoms with Gasteiger partial charge >= 0.3 is 0 Å². The summed E-state index contributed by atoms with van der Waals surface area (Å²) in [6.07, 6.45) is 3.62. The number of hydrogen-bond acceptors (Lipinski definition) is 3. The summed E-state index contributed by atoms with van der Waals surface area (Å²) in [5.74, 6) is 0.242. The van der Waals surface area contributed by atoms with Crippen LogP contribution in [0, 0.1) is 3.70 Å². The van der Waals surface area contributed by atoms with E-state index in [1.807, 2.05) is 16.8 Å². The standard InChI is InChI=1S/C10H10FIN4/c11-5-10(2-3-10)16-4-1-6-7(12)14-9(13)15-8(6)16/h1,4H,2-3,5H2,(H2,13,14,15). The van der Waals surface area contributed by atoms with Crippen molar-refractivity contribution >= 4 is 39.6 Å². The first-order valence-electron chi connectivity index (χ1n) is 5.03. The summed E-state index contributed by atoms with van der Waals surface area (Å²) in [7, 11) is 0. The third-order valence-electron chi connectivity index (χ3n) is 3.10. The first-order valence-corrected chi connectivity index (χ1v) is 6.11. The fourth-order valence-electron chi connectivity index (χ4n) is 1.96. The largest absolute Gasteiger partial charge is 0.368 e. The number of nitrogens with two attached hydrogens (primary N) is 1. The van der Waals surface area contributed by atoms with Gasteiger partial charge in [0.1, 0.15) is 16.0 Å². The number of alkyl halides is 1. The van der Waals surface area contributed by atoms with Crippen LogP contribution in [0.25, 0.3) is 11.0 Å². The molecule has 0 unspecified atom stereocenters. The molecule has 0 amide bonds. The second kappa shape index (κ2) is 3.28. The van der Waals surface area contributed by atoms with Crippen molar-refractivity contribution in [3.05, 3.63) is 16.0 Å². The van der Waals surface area contributed by atoms with Gasteiger partial charge in [0.05, 0.1) is 10.9 Å².